The summed E-state index contributed by atoms with van der Waals surface area (Å²) in [5.41, 5.74) is 7.22. The first-order chi connectivity index (χ1) is 12.5. The van der Waals surface area contributed by atoms with Crippen LogP contribution >= 0.6 is 11.3 Å². The van der Waals surface area contributed by atoms with E-state index in [4.69, 9.17) is 10.5 Å². The number of nitrogens with two attached hydrogens (primary N) is 1. The lowest BCUT2D eigenvalue weighted by molar-refractivity contribution is 0.100. The van der Waals surface area contributed by atoms with Gasteiger partial charge in [0.2, 0.25) is 0 Å². The summed E-state index contributed by atoms with van der Waals surface area (Å²) >= 11 is 1.56. The van der Waals surface area contributed by atoms with Crippen molar-refractivity contribution < 1.29 is 14.3 Å². The molecular formula is C19H17N3O3S. The Morgan fingerprint density at radius 3 is 2.73 bits per heavy atom. The van der Waals surface area contributed by atoms with E-state index < -0.39 is 5.91 Å². The minimum atomic E-state index is -0.600. The molecule has 0 radical (unpaired) electrons. The van der Waals surface area contributed by atoms with Crippen LogP contribution in [0.15, 0.2) is 53.9 Å². The number of ether oxygens (including phenoxy) is 1. The molecule has 2 aromatic carbocycles. The number of nitrogens with one attached hydrogen (secondary N) is 1. The predicted molar refractivity (Wildman–Crippen MR) is 101 cm³/mol. The molecule has 0 unspecified atom stereocenters. The van der Waals surface area contributed by atoms with Crippen LogP contribution in [0.4, 0.5) is 5.69 Å². The Balaban J connectivity index is 1.71. The molecule has 3 rings (SSSR count). The van der Waals surface area contributed by atoms with Crippen molar-refractivity contribution in [2.75, 3.05) is 5.32 Å². The molecule has 0 saturated heterocycles. The van der Waals surface area contributed by atoms with Crippen molar-refractivity contribution in [3.63, 3.8) is 0 Å². The molecule has 26 heavy (non-hydrogen) atoms. The average Bonchev–Trinajstić information content (AvgIpc) is 3.06. The number of hydrogen-bond donors (Lipinski definition) is 2. The molecule has 0 aliphatic heterocycles. The van der Waals surface area contributed by atoms with Crippen molar-refractivity contribution in [1.82, 2.24) is 4.98 Å². The summed E-state index contributed by atoms with van der Waals surface area (Å²) in [6.07, 6.45) is 0. The van der Waals surface area contributed by atoms with E-state index in [1.54, 1.807) is 59.9 Å². The molecule has 0 fully saturated rings. The molecular weight excluding hydrogens is 350 g/mol. The van der Waals surface area contributed by atoms with Gasteiger partial charge < -0.3 is 15.8 Å². The Hall–Kier alpha value is -3.19. The first-order valence-corrected chi connectivity index (χ1v) is 8.75. The average molecular weight is 367 g/mol. The van der Waals surface area contributed by atoms with Crippen LogP contribution in [0.25, 0.3) is 0 Å². The second kappa shape index (κ2) is 7.79. The summed E-state index contributed by atoms with van der Waals surface area (Å²) in [5.74, 6) is -0.392. The number of anilines is 1. The van der Waals surface area contributed by atoms with Crippen molar-refractivity contribution in [3.8, 4) is 5.75 Å². The van der Waals surface area contributed by atoms with Gasteiger partial charge in [-0.05, 0) is 37.3 Å². The number of amides is 2. The molecule has 0 aliphatic carbocycles. The van der Waals surface area contributed by atoms with Crippen molar-refractivity contribution in [1.29, 1.82) is 0 Å². The van der Waals surface area contributed by atoms with Crippen LogP contribution in [0.1, 0.15) is 31.4 Å². The first kappa shape index (κ1) is 17.6. The van der Waals surface area contributed by atoms with E-state index in [0.29, 0.717) is 23.6 Å². The van der Waals surface area contributed by atoms with Crippen molar-refractivity contribution >= 4 is 28.8 Å². The maximum atomic E-state index is 12.5. The number of rotatable bonds is 6. The fraction of sp³-hybridized carbons (Fsp3) is 0.105. The minimum Gasteiger partial charge on any atom is -0.487 e. The zero-order valence-corrected chi connectivity index (χ0v) is 14.9. The van der Waals surface area contributed by atoms with Gasteiger partial charge in [0.15, 0.2) is 0 Å². The number of primary amides is 1. The molecule has 0 atom stereocenters. The molecule has 2 amide bonds. The number of nitrogens with zero attached hydrogens (tertiary/aromatic N) is 1. The van der Waals surface area contributed by atoms with Gasteiger partial charge in [-0.1, -0.05) is 18.2 Å². The van der Waals surface area contributed by atoms with Gasteiger partial charge in [0.05, 0.1) is 22.0 Å². The van der Waals surface area contributed by atoms with E-state index in [1.807, 2.05) is 12.3 Å². The molecule has 0 spiro atoms. The summed E-state index contributed by atoms with van der Waals surface area (Å²) < 4.78 is 5.70. The standard InChI is InChI=1S/C19H17N3O3S/c1-12-21-14(11-26-12)10-25-15-6-4-5-13(9-15)19(24)22-17-8-3-2-7-16(17)18(20)23/h2-9,11H,10H2,1H3,(H2,20,23)(H,22,24). The molecule has 7 heteroatoms. The highest BCUT2D eigenvalue weighted by Crippen LogP contribution is 2.19. The second-order valence-corrected chi connectivity index (χ2v) is 6.60. The first-order valence-electron chi connectivity index (χ1n) is 7.87. The lowest BCUT2D eigenvalue weighted by Crippen LogP contribution is -2.18. The van der Waals surface area contributed by atoms with Gasteiger partial charge in [-0.15, -0.1) is 11.3 Å². The van der Waals surface area contributed by atoms with E-state index in [2.05, 4.69) is 10.3 Å². The van der Waals surface area contributed by atoms with Crippen LogP contribution in [-0.2, 0) is 6.61 Å². The topological polar surface area (TPSA) is 94.3 Å². The lowest BCUT2D eigenvalue weighted by Gasteiger charge is -2.10. The van der Waals surface area contributed by atoms with E-state index in [-0.39, 0.29) is 11.5 Å². The van der Waals surface area contributed by atoms with Crippen molar-refractivity contribution in [2.24, 2.45) is 5.73 Å². The third kappa shape index (κ3) is 4.25. The largest absolute Gasteiger partial charge is 0.487 e. The molecule has 132 valence electrons. The molecule has 0 aliphatic rings. The monoisotopic (exact) mass is 367 g/mol. The summed E-state index contributed by atoms with van der Waals surface area (Å²) in [4.78, 5) is 28.3. The molecule has 1 aromatic heterocycles. The normalized spacial score (nSPS) is 10.3. The zero-order chi connectivity index (χ0) is 18.5. The van der Waals surface area contributed by atoms with Crippen molar-refractivity contribution in [3.05, 3.63) is 75.7 Å². The van der Waals surface area contributed by atoms with Gasteiger partial charge in [-0.25, -0.2) is 4.98 Å². The smallest absolute Gasteiger partial charge is 0.255 e. The molecule has 1 heterocycles. The number of aromatic nitrogens is 1. The maximum absolute atomic E-state index is 12.5. The number of carbonyl (C=O) groups excluding carboxylic acids is 2. The van der Waals surface area contributed by atoms with Gasteiger partial charge in [0, 0.05) is 10.9 Å². The van der Waals surface area contributed by atoms with Gasteiger partial charge in [0.1, 0.15) is 12.4 Å². The number of aryl methyl sites for hydroxylation is 1. The number of benzene rings is 2. The Kier molecular flexibility index (Phi) is 5.28. The van der Waals surface area contributed by atoms with Crippen LogP contribution in [0.3, 0.4) is 0 Å². The number of hydrogen-bond acceptors (Lipinski definition) is 5. The van der Waals surface area contributed by atoms with Gasteiger partial charge in [-0.3, -0.25) is 9.59 Å². The van der Waals surface area contributed by atoms with Crippen LogP contribution in [0.2, 0.25) is 0 Å². The predicted octanol–water partition coefficient (Wildman–Crippen LogP) is 3.38. The third-order valence-corrected chi connectivity index (χ3v) is 4.41. The Bertz CT molecular complexity index is 952. The van der Waals surface area contributed by atoms with Crippen LogP contribution in [0.5, 0.6) is 5.75 Å². The molecule has 3 N–H and O–H groups in total. The zero-order valence-electron chi connectivity index (χ0n) is 14.1. The number of carbonyl (C=O) groups is 2. The summed E-state index contributed by atoms with van der Waals surface area (Å²) in [6, 6.07) is 13.4. The lowest BCUT2D eigenvalue weighted by atomic mass is 10.1. The highest BCUT2D eigenvalue weighted by molar-refractivity contribution is 7.09. The van der Waals surface area contributed by atoms with E-state index >= 15 is 0 Å². The van der Waals surface area contributed by atoms with Gasteiger partial charge in [-0.2, -0.15) is 0 Å². The highest BCUT2D eigenvalue weighted by Gasteiger charge is 2.12. The summed E-state index contributed by atoms with van der Waals surface area (Å²) in [6.45, 7) is 2.27. The van der Waals surface area contributed by atoms with E-state index in [1.165, 1.54) is 0 Å². The van der Waals surface area contributed by atoms with Crippen LogP contribution < -0.4 is 15.8 Å². The van der Waals surface area contributed by atoms with Gasteiger partial charge in [0.25, 0.3) is 11.8 Å². The summed E-state index contributed by atoms with van der Waals surface area (Å²) in [7, 11) is 0. The number of para-hydroxylation sites is 1. The van der Waals surface area contributed by atoms with E-state index in [9.17, 15) is 9.59 Å². The second-order valence-electron chi connectivity index (χ2n) is 5.54. The molecule has 6 nitrogen and oxygen atoms in total. The number of thiazole rings is 1. The van der Waals surface area contributed by atoms with Crippen LogP contribution in [0, 0.1) is 6.92 Å². The fourth-order valence-electron chi connectivity index (χ4n) is 2.36. The third-order valence-electron chi connectivity index (χ3n) is 3.59. The quantitative estimate of drug-likeness (QED) is 0.698. The molecule has 0 bridgehead atoms. The van der Waals surface area contributed by atoms with Gasteiger partial charge >= 0.3 is 0 Å². The molecule has 0 saturated carbocycles. The van der Waals surface area contributed by atoms with E-state index in [0.717, 1.165) is 10.7 Å². The van der Waals surface area contributed by atoms with Crippen molar-refractivity contribution in [2.45, 2.75) is 13.5 Å². The SMILES string of the molecule is Cc1nc(COc2cccc(C(=O)Nc3ccccc3C(N)=O)c2)cs1. The Morgan fingerprint density at radius 2 is 2.00 bits per heavy atom. The van der Waals surface area contributed by atoms with Crippen LogP contribution in [-0.4, -0.2) is 16.8 Å². The highest BCUT2D eigenvalue weighted by atomic mass is 32.1. The Labute approximate surface area is 154 Å². The maximum Gasteiger partial charge on any atom is 0.255 e. The minimum absolute atomic E-state index is 0.257. The fourth-order valence-corrected chi connectivity index (χ4v) is 2.96. The Morgan fingerprint density at radius 1 is 1.19 bits per heavy atom. The summed E-state index contributed by atoms with van der Waals surface area (Å²) in [5, 5.41) is 5.62. The molecule has 3 aromatic rings.